The van der Waals surface area contributed by atoms with Crippen molar-refractivity contribution < 1.29 is 19.0 Å². The van der Waals surface area contributed by atoms with Crippen LogP contribution in [0, 0.1) is 0 Å². The average Bonchev–Trinajstić information content (AvgIpc) is 2.55. The summed E-state index contributed by atoms with van der Waals surface area (Å²) in [6, 6.07) is 0. The molecule has 1 aliphatic heterocycles. The molecule has 0 aromatic carbocycles. The molecule has 0 bridgehead atoms. The van der Waals surface area contributed by atoms with Crippen LogP contribution in [0.1, 0.15) is 30.4 Å². The zero-order chi connectivity index (χ0) is 16.8. The summed E-state index contributed by atoms with van der Waals surface area (Å²) in [6.45, 7) is 0.976. The summed E-state index contributed by atoms with van der Waals surface area (Å²) in [5.41, 5.74) is 7.09. The van der Waals surface area contributed by atoms with Crippen molar-refractivity contribution in [3.8, 4) is 0 Å². The summed E-state index contributed by atoms with van der Waals surface area (Å²) in [5, 5.41) is 0.319. The Bertz CT molecular complexity index is 548. The zero-order valence-corrected chi connectivity index (χ0v) is 14.1. The van der Waals surface area contributed by atoms with Crippen molar-refractivity contribution >= 4 is 23.5 Å². The molecular weight excluding hydrogens is 322 g/mol. The molecule has 1 fully saturated rings. The highest BCUT2D eigenvalue weighted by Crippen LogP contribution is 2.27. The number of ether oxygens (including phenoxy) is 3. The Morgan fingerprint density at radius 1 is 1.48 bits per heavy atom. The predicted molar refractivity (Wildman–Crippen MR) is 85.9 cm³/mol. The van der Waals surface area contributed by atoms with Crippen LogP contribution in [0.2, 0.25) is 5.02 Å². The third-order valence-electron chi connectivity index (χ3n) is 3.50. The number of aromatic nitrogens is 1. The van der Waals surface area contributed by atoms with Crippen LogP contribution in [0.15, 0.2) is 6.20 Å². The molecule has 2 rings (SSSR count). The monoisotopic (exact) mass is 343 g/mol. The fourth-order valence-electron chi connectivity index (χ4n) is 2.15. The summed E-state index contributed by atoms with van der Waals surface area (Å²) >= 11 is 6.23. The van der Waals surface area contributed by atoms with E-state index in [1.165, 1.54) is 4.90 Å². The molecular formula is C15H22ClN3O4. The first-order valence-corrected chi connectivity index (χ1v) is 7.86. The Balaban J connectivity index is 2.05. The van der Waals surface area contributed by atoms with E-state index in [4.69, 9.17) is 31.5 Å². The number of hydrogen-bond acceptors (Lipinski definition) is 6. The van der Waals surface area contributed by atoms with Gasteiger partial charge in [-0.3, -0.25) is 0 Å². The van der Waals surface area contributed by atoms with Gasteiger partial charge in [0, 0.05) is 38.0 Å². The zero-order valence-electron chi connectivity index (χ0n) is 13.4. The van der Waals surface area contributed by atoms with E-state index in [-0.39, 0.29) is 25.3 Å². The third kappa shape index (κ3) is 4.95. The lowest BCUT2D eigenvalue weighted by molar-refractivity contribution is -0.169. The normalized spacial score (nSPS) is 17.8. The van der Waals surface area contributed by atoms with Crippen molar-refractivity contribution in [2.45, 2.75) is 38.8 Å². The van der Waals surface area contributed by atoms with Crippen molar-refractivity contribution in [3.05, 3.63) is 22.3 Å². The number of amides is 1. The van der Waals surface area contributed by atoms with Gasteiger partial charge >= 0.3 is 6.09 Å². The van der Waals surface area contributed by atoms with Crippen molar-refractivity contribution in [2.75, 3.05) is 26.4 Å². The Labute approximate surface area is 140 Å². The van der Waals surface area contributed by atoms with Crippen LogP contribution in [0.3, 0.4) is 0 Å². The first-order valence-electron chi connectivity index (χ1n) is 7.48. The van der Waals surface area contributed by atoms with Crippen LogP contribution in [0.25, 0.3) is 0 Å². The average molecular weight is 344 g/mol. The highest BCUT2D eigenvalue weighted by Gasteiger charge is 2.18. The van der Waals surface area contributed by atoms with E-state index in [9.17, 15) is 4.79 Å². The van der Waals surface area contributed by atoms with E-state index in [0.717, 1.165) is 19.3 Å². The van der Waals surface area contributed by atoms with E-state index >= 15 is 0 Å². The van der Waals surface area contributed by atoms with E-state index in [1.807, 2.05) is 0 Å². The number of carbonyl (C=O) groups excluding carboxylic acids is 1. The SMILES string of the molecule is CN(C)C(=O)OCc1cnc(N)c(Cl)c1COC1CCCCO1. The quantitative estimate of drug-likeness (QED) is 0.884. The molecule has 1 amide bonds. The maximum atomic E-state index is 11.6. The lowest BCUT2D eigenvalue weighted by Crippen LogP contribution is -2.24. The van der Waals surface area contributed by atoms with Crippen LogP contribution in [-0.4, -0.2) is 43.0 Å². The molecule has 23 heavy (non-hydrogen) atoms. The molecule has 0 spiro atoms. The van der Waals surface area contributed by atoms with Gasteiger partial charge in [-0.15, -0.1) is 0 Å². The van der Waals surface area contributed by atoms with E-state index in [0.29, 0.717) is 22.8 Å². The maximum Gasteiger partial charge on any atom is 0.409 e. The first kappa shape index (κ1) is 17.8. The minimum atomic E-state index is -0.444. The van der Waals surface area contributed by atoms with Crippen molar-refractivity contribution in [1.29, 1.82) is 0 Å². The molecule has 2 heterocycles. The lowest BCUT2D eigenvalue weighted by Gasteiger charge is -2.23. The topological polar surface area (TPSA) is 86.9 Å². The summed E-state index contributed by atoms with van der Waals surface area (Å²) in [4.78, 5) is 16.9. The van der Waals surface area contributed by atoms with Gasteiger partial charge in [0.05, 0.1) is 11.6 Å². The number of rotatable bonds is 5. The Hall–Kier alpha value is -1.57. The van der Waals surface area contributed by atoms with Crippen LogP contribution in [0.4, 0.5) is 10.6 Å². The standard InChI is InChI=1S/C15H22ClN3O4/c1-19(2)15(20)23-8-10-7-18-14(17)13(16)11(10)9-22-12-5-3-4-6-21-12/h7,12H,3-6,8-9H2,1-2H3,(H2,17,18). The molecule has 0 aliphatic carbocycles. The molecule has 1 atom stereocenters. The fraction of sp³-hybridized carbons (Fsp3) is 0.600. The number of nitrogens with zero attached hydrogens (tertiary/aromatic N) is 2. The second-order valence-corrected chi connectivity index (χ2v) is 5.90. The third-order valence-corrected chi connectivity index (χ3v) is 3.93. The van der Waals surface area contributed by atoms with Gasteiger partial charge in [-0.05, 0) is 19.3 Å². The van der Waals surface area contributed by atoms with Crippen LogP contribution in [-0.2, 0) is 27.4 Å². The molecule has 1 aromatic heterocycles. The number of hydrogen-bond donors (Lipinski definition) is 1. The molecule has 0 saturated carbocycles. The Morgan fingerprint density at radius 3 is 2.91 bits per heavy atom. The number of nitrogen functional groups attached to an aromatic ring is 1. The second kappa shape index (κ2) is 8.33. The van der Waals surface area contributed by atoms with E-state index < -0.39 is 6.09 Å². The summed E-state index contributed by atoms with van der Waals surface area (Å²) in [5.74, 6) is 0.220. The van der Waals surface area contributed by atoms with Gasteiger partial charge < -0.3 is 24.8 Å². The number of pyridine rings is 1. The Kier molecular flexibility index (Phi) is 6.44. The minimum Gasteiger partial charge on any atom is -0.444 e. The van der Waals surface area contributed by atoms with E-state index in [1.54, 1.807) is 20.3 Å². The highest BCUT2D eigenvalue weighted by molar-refractivity contribution is 6.33. The molecule has 1 unspecified atom stereocenters. The molecule has 8 heteroatoms. The number of halogens is 1. The lowest BCUT2D eigenvalue weighted by atomic mass is 10.1. The summed E-state index contributed by atoms with van der Waals surface area (Å²) < 4.78 is 16.5. The van der Waals surface area contributed by atoms with Gasteiger partial charge in [-0.2, -0.15) is 0 Å². The van der Waals surface area contributed by atoms with Gasteiger partial charge in [-0.1, -0.05) is 11.6 Å². The largest absolute Gasteiger partial charge is 0.444 e. The minimum absolute atomic E-state index is 0.0498. The van der Waals surface area contributed by atoms with E-state index in [2.05, 4.69) is 4.98 Å². The van der Waals surface area contributed by atoms with Crippen molar-refractivity contribution in [2.24, 2.45) is 0 Å². The van der Waals surface area contributed by atoms with Crippen molar-refractivity contribution in [3.63, 3.8) is 0 Å². The molecule has 0 radical (unpaired) electrons. The number of nitrogens with two attached hydrogens (primary N) is 1. The molecule has 128 valence electrons. The van der Waals surface area contributed by atoms with Gasteiger partial charge in [0.25, 0.3) is 0 Å². The van der Waals surface area contributed by atoms with Crippen LogP contribution in [0.5, 0.6) is 0 Å². The molecule has 7 nitrogen and oxygen atoms in total. The number of anilines is 1. The van der Waals surface area contributed by atoms with Gasteiger partial charge in [0.1, 0.15) is 12.4 Å². The molecule has 1 saturated heterocycles. The second-order valence-electron chi connectivity index (χ2n) is 5.52. The number of carbonyl (C=O) groups is 1. The van der Waals surface area contributed by atoms with Crippen molar-refractivity contribution in [1.82, 2.24) is 9.88 Å². The Morgan fingerprint density at radius 2 is 2.26 bits per heavy atom. The highest BCUT2D eigenvalue weighted by atomic mass is 35.5. The van der Waals surface area contributed by atoms with Crippen LogP contribution < -0.4 is 5.73 Å². The smallest absolute Gasteiger partial charge is 0.409 e. The summed E-state index contributed by atoms with van der Waals surface area (Å²) in [7, 11) is 3.22. The fourth-order valence-corrected chi connectivity index (χ4v) is 2.37. The van der Waals surface area contributed by atoms with Gasteiger partial charge in [-0.25, -0.2) is 9.78 Å². The molecule has 1 aromatic rings. The van der Waals surface area contributed by atoms with Crippen LogP contribution >= 0.6 is 11.6 Å². The van der Waals surface area contributed by atoms with Gasteiger partial charge in [0.15, 0.2) is 6.29 Å². The first-order chi connectivity index (χ1) is 11.0. The molecule has 1 aliphatic rings. The van der Waals surface area contributed by atoms with Gasteiger partial charge in [0.2, 0.25) is 0 Å². The summed E-state index contributed by atoms with van der Waals surface area (Å²) in [6.07, 6.45) is 3.83. The molecule has 2 N–H and O–H groups in total. The predicted octanol–water partition coefficient (Wildman–Crippen LogP) is 2.56. The maximum absolute atomic E-state index is 11.6.